The van der Waals surface area contributed by atoms with Gasteiger partial charge in [-0.2, -0.15) is 26.3 Å². The molecule has 0 atom stereocenters. The van der Waals surface area contributed by atoms with Gasteiger partial charge in [-0.25, -0.2) is 4.68 Å². The summed E-state index contributed by atoms with van der Waals surface area (Å²) in [6, 6.07) is 4.10. The van der Waals surface area contributed by atoms with Gasteiger partial charge in [-0.3, -0.25) is 9.59 Å². The van der Waals surface area contributed by atoms with E-state index in [1.54, 1.807) is 5.32 Å². The summed E-state index contributed by atoms with van der Waals surface area (Å²) in [5.74, 6) is -4.57. The summed E-state index contributed by atoms with van der Waals surface area (Å²) in [4.78, 5) is 22.0. The lowest BCUT2D eigenvalue weighted by atomic mass is 10.1. The number of rotatable bonds is 3. The number of halogens is 6. The molecule has 1 aromatic heterocycles. The molecule has 0 radical (unpaired) electrons. The number of Topliss-reactive ketones (excluding diaryl/α,β-unsaturated/α-hetero) is 1. The summed E-state index contributed by atoms with van der Waals surface area (Å²) >= 11 is 0. The van der Waals surface area contributed by atoms with Gasteiger partial charge in [0, 0.05) is 17.3 Å². The zero-order valence-corrected chi connectivity index (χ0v) is 12.4. The van der Waals surface area contributed by atoms with Crippen LogP contribution in [0.1, 0.15) is 15.9 Å². The van der Waals surface area contributed by atoms with Crippen LogP contribution in [0.25, 0.3) is 5.69 Å². The van der Waals surface area contributed by atoms with Crippen LogP contribution in [0.5, 0.6) is 0 Å². The number of carbonyl (C=O) groups is 2. The number of nitrogens with one attached hydrogen (secondary N) is 1. The van der Waals surface area contributed by atoms with Gasteiger partial charge in [-0.1, -0.05) is 0 Å². The number of aromatic nitrogens is 2. The van der Waals surface area contributed by atoms with Gasteiger partial charge in [0.2, 0.25) is 0 Å². The number of alkyl halides is 6. The monoisotopic (exact) mass is 365 g/mol. The van der Waals surface area contributed by atoms with Crippen molar-refractivity contribution in [1.82, 2.24) is 9.78 Å². The second kappa shape index (κ2) is 6.22. The third kappa shape index (κ3) is 4.17. The molecule has 0 unspecified atom stereocenters. The molecule has 2 aromatic rings. The van der Waals surface area contributed by atoms with Crippen LogP contribution in [0.4, 0.5) is 32.2 Å². The minimum Gasteiger partial charge on any atom is -0.301 e. The maximum Gasteiger partial charge on any atom is 0.471 e. The Hall–Kier alpha value is -2.85. The molecule has 25 heavy (non-hydrogen) atoms. The topological polar surface area (TPSA) is 64.0 Å². The molecular formula is C14H9F6N3O2. The van der Waals surface area contributed by atoms with Gasteiger partial charge < -0.3 is 5.32 Å². The van der Waals surface area contributed by atoms with Crippen LogP contribution in [-0.4, -0.2) is 33.8 Å². The van der Waals surface area contributed by atoms with E-state index in [2.05, 4.69) is 5.10 Å². The first-order chi connectivity index (χ1) is 11.4. The Kier molecular flexibility index (Phi) is 4.60. The van der Waals surface area contributed by atoms with E-state index >= 15 is 0 Å². The van der Waals surface area contributed by atoms with Gasteiger partial charge in [0.1, 0.15) is 0 Å². The van der Waals surface area contributed by atoms with E-state index in [4.69, 9.17) is 0 Å². The van der Waals surface area contributed by atoms with Crippen molar-refractivity contribution in [3.63, 3.8) is 0 Å². The zero-order valence-electron chi connectivity index (χ0n) is 12.4. The second-order valence-corrected chi connectivity index (χ2v) is 4.93. The number of amides is 1. The smallest absolute Gasteiger partial charge is 0.301 e. The molecule has 1 amide bonds. The number of ketones is 1. The molecule has 0 bridgehead atoms. The van der Waals surface area contributed by atoms with Crippen LogP contribution in [0.15, 0.2) is 30.5 Å². The fourth-order valence-electron chi connectivity index (χ4n) is 1.82. The van der Waals surface area contributed by atoms with Crippen molar-refractivity contribution in [2.24, 2.45) is 0 Å². The maximum atomic E-state index is 12.3. The lowest BCUT2D eigenvalue weighted by Gasteiger charge is -2.07. The van der Waals surface area contributed by atoms with Gasteiger partial charge in [0.25, 0.3) is 5.78 Å². The van der Waals surface area contributed by atoms with E-state index in [0.717, 1.165) is 28.9 Å². The maximum absolute atomic E-state index is 12.3. The van der Waals surface area contributed by atoms with Crippen LogP contribution < -0.4 is 5.32 Å². The molecule has 5 nitrogen and oxygen atoms in total. The Balaban J connectivity index is 2.25. The normalized spacial score (nSPS) is 12.1. The van der Waals surface area contributed by atoms with Gasteiger partial charge >= 0.3 is 18.3 Å². The molecule has 0 aliphatic heterocycles. The van der Waals surface area contributed by atoms with Crippen LogP contribution in [0, 0.1) is 6.92 Å². The highest BCUT2D eigenvalue weighted by molar-refractivity contribution is 6.00. The highest BCUT2D eigenvalue weighted by atomic mass is 19.4. The van der Waals surface area contributed by atoms with Crippen molar-refractivity contribution in [2.45, 2.75) is 19.3 Å². The van der Waals surface area contributed by atoms with E-state index in [1.165, 1.54) is 13.1 Å². The Morgan fingerprint density at radius 2 is 1.56 bits per heavy atom. The first kappa shape index (κ1) is 18.5. The lowest BCUT2D eigenvalue weighted by Crippen LogP contribution is -2.30. The van der Waals surface area contributed by atoms with Crippen molar-refractivity contribution in [3.8, 4) is 5.69 Å². The molecule has 0 fully saturated rings. The van der Waals surface area contributed by atoms with E-state index in [0.29, 0.717) is 0 Å². The number of hydrogen-bond acceptors (Lipinski definition) is 3. The van der Waals surface area contributed by atoms with Gasteiger partial charge in [-0.05, 0) is 31.2 Å². The molecule has 0 spiro atoms. The molecule has 2 rings (SSSR count). The predicted molar refractivity (Wildman–Crippen MR) is 73.4 cm³/mol. The van der Waals surface area contributed by atoms with E-state index in [1.807, 2.05) is 0 Å². The number of nitrogens with zero attached hydrogens (tertiary/aromatic N) is 2. The quantitative estimate of drug-likeness (QED) is 0.670. The third-order valence-electron chi connectivity index (χ3n) is 3.04. The van der Waals surface area contributed by atoms with Crippen molar-refractivity contribution < 1.29 is 35.9 Å². The molecule has 0 saturated carbocycles. The van der Waals surface area contributed by atoms with Crippen LogP contribution in [0.3, 0.4) is 0 Å². The molecule has 1 N–H and O–H groups in total. The van der Waals surface area contributed by atoms with Crippen LogP contribution >= 0.6 is 0 Å². The fraction of sp³-hybridized carbons (Fsp3) is 0.214. The Morgan fingerprint density at radius 1 is 1.00 bits per heavy atom. The van der Waals surface area contributed by atoms with Gasteiger partial charge in [-0.15, -0.1) is 5.10 Å². The molecule has 0 saturated heterocycles. The number of aryl methyl sites for hydroxylation is 1. The lowest BCUT2D eigenvalue weighted by molar-refractivity contribution is -0.167. The van der Waals surface area contributed by atoms with Gasteiger partial charge in [0.15, 0.2) is 5.82 Å². The molecule has 11 heteroatoms. The molecule has 1 heterocycles. The average molecular weight is 365 g/mol. The molecule has 0 aliphatic rings. The average Bonchev–Trinajstić information content (AvgIpc) is 2.86. The summed E-state index contributed by atoms with van der Waals surface area (Å²) in [7, 11) is 0. The minimum absolute atomic E-state index is 0.189. The third-order valence-corrected chi connectivity index (χ3v) is 3.04. The number of hydrogen-bond donors (Lipinski definition) is 1. The summed E-state index contributed by atoms with van der Waals surface area (Å²) in [5.41, 5.74) is -0.201. The standard InChI is InChI=1S/C14H9F6N3O2/c1-7-6-23(22-11(7)21-12(25)14(18,19)20)9-4-2-8(3-5-9)10(24)13(15,16)17/h2-6H,1H3,(H,21,22,25). The van der Waals surface area contributed by atoms with Crippen LogP contribution in [0.2, 0.25) is 0 Å². The Labute approximate surface area is 136 Å². The number of benzene rings is 1. The molecule has 0 aliphatic carbocycles. The molecule has 1 aromatic carbocycles. The van der Waals surface area contributed by atoms with E-state index < -0.39 is 29.6 Å². The van der Waals surface area contributed by atoms with E-state index in [9.17, 15) is 35.9 Å². The first-order valence-electron chi connectivity index (χ1n) is 6.56. The number of carbonyl (C=O) groups excluding carboxylic acids is 2. The van der Waals surface area contributed by atoms with Crippen molar-refractivity contribution >= 4 is 17.5 Å². The van der Waals surface area contributed by atoms with Crippen molar-refractivity contribution in [3.05, 3.63) is 41.6 Å². The highest BCUT2D eigenvalue weighted by Crippen LogP contribution is 2.23. The summed E-state index contributed by atoms with van der Waals surface area (Å²) in [5, 5.41) is 5.33. The Morgan fingerprint density at radius 3 is 2.04 bits per heavy atom. The first-order valence-corrected chi connectivity index (χ1v) is 6.56. The van der Waals surface area contributed by atoms with Crippen molar-refractivity contribution in [2.75, 3.05) is 5.32 Å². The highest BCUT2D eigenvalue weighted by Gasteiger charge is 2.40. The predicted octanol–water partition coefficient (Wildman–Crippen LogP) is 3.43. The largest absolute Gasteiger partial charge is 0.471 e. The summed E-state index contributed by atoms with van der Waals surface area (Å²) < 4.78 is 74.8. The zero-order chi connectivity index (χ0) is 19.0. The SMILES string of the molecule is Cc1cn(-c2ccc(C(=O)C(F)(F)F)cc2)nc1NC(=O)C(F)(F)F. The van der Waals surface area contributed by atoms with Crippen LogP contribution in [-0.2, 0) is 4.79 Å². The van der Waals surface area contributed by atoms with E-state index in [-0.39, 0.29) is 17.1 Å². The molecule has 134 valence electrons. The fourth-order valence-corrected chi connectivity index (χ4v) is 1.82. The minimum atomic E-state index is -5.09. The van der Waals surface area contributed by atoms with Crippen molar-refractivity contribution in [1.29, 1.82) is 0 Å². The second-order valence-electron chi connectivity index (χ2n) is 4.93. The molecular weight excluding hydrogens is 356 g/mol. The number of anilines is 1. The summed E-state index contributed by atoms with van der Waals surface area (Å²) in [6.45, 7) is 1.39. The Bertz CT molecular complexity index is 805. The summed E-state index contributed by atoms with van der Waals surface area (Å²) in [6.07, 6.45) is -8.83. The van der Waals surface area contributed by atoms with Gasteiger partial charge in [0.05, 0.1) is 5.69 Å².